The molecule has 1 aromatic heterocycles. The van der Waals surface area contributed by atoms with Crippen LogP contribution >= 0.6 is 0 Å². The molecule has 23 heavy (non-hydrogen) atoms. The first kappa shape index (κ1) is 14.8. The van der Waals surface area contributed by atoms with Crippen LogP contribution in [0.15, 0.2) is 24.3 Å². The third kappa shape index (κ3) is 2.91. The van der Waals surface area contributed by atoms with Gasteiger partial charge in [-0.05, 0) is 37.3 Å². The molecule has 2 heterocycles. The first-order chi connectivity index (χ1) is 11.3. The SMILES string of the molecule is CCOCc1nc([C@@H]2CCOC2)n(C2Cc3ccccc3C2)n1. The van der Waals surface area contributed by atoms with Gasteiger partial charge in [0.15, 0.2) is 5.82 Å². The van der Waals surface area contributed by atoms with Crippen LogP contribution in [0.25, 0.3) is 0 Å². The van der Waals surface area contributed by atoms with Crippen LogP contribution in [0.3, 0.4) is 0 Å². The van der Waals surface area contributed by atoms with Crippen LogP contribution in [0.5, 0.6) is 0 Å². The molecule has 2 aliphatic rings. The zero-order valence-electron chi connectivity index (χ0n) is 13.6. The molecule has 5 heteroatoms. The largest absolute Gasteiger partial charge is 0.381 e. The number of rotatable bonds is 5. The minimum atomic E-state index is 0.363. The molecule has 1 aromatic carbocycles. The van der Waals surface area contributed by atoms with E-state index in [1.165, 1.54) is 11.1 Å². The minimum Gasteiger partial charge on any atom is -0.381 e. The van der Waals surface area contributed by atoms with E-state index in [0.29, 0.717) is 25.2 Å². The normalized spacial score (nSPS) is 21.0. The topological polar surface area (TPSA) is 49.2 Å². The Morgan fingerprint density at radius 2 is 2.04 bits per heavy atom. The van der Waals surface area contributed by atoms with Gasteiger partial charge in [0.05, 0.1) is 12.6 Å². The molecular weight excluding hydrogens is 290 g/mol. The maximum atomic E-state index is 5.57. The highest BCUT2D eigenvalue weighted by molar-refractivity contribution is 5.33. The van der Waals surface area contributed by atoms with Gasteiger partial charge in [-0.2, -0.15) is 5.10 Å². The first-order valence-electron chi connectivity index (χ1n) is 8.52. The number of hydrogen-bond acceptors (Lipinski definition) is 4. The van der Waals surface area contributed by atoms with Gasteiger partial charge in [0, 0.05) is 19.1 Å². The zero-order valence-corrected chi connectivity index (χ0v) is 13.6. The van der Waals surface area contributed by atoms with Crippen molar-refractivity contribution in [1.82, 2.24) is 14.8 Å². The van der Waals surface area contributed by atoms with Crippen molar-refractivity contribution in [3.8, 4) is 0 Å². The number of hydrogen-bond donors (Lipinski definition) is 0. The smallest absolute Gasteiger partial charge is 0.176 e. The highest BCUT2D eigenvalue weighted by Crippen LogP contribution is 2.33. The molecule has 1 aliphatic heterocycles. The molecule has 2 aromatic rings. The summed E-state index contributed by atoms with van der Waals surface area (Å²) in [6.07, 6.45) is 3.11. The predicted octanol–water partition coefficient (Wildman–Crippen LogP) is 2.66. The fraction of sp³-hybridized carbons (Fsp3) is 0.556. The van der Waals surface area contributed by atoms with E-state index in [1.54, 1.807) is 0 Å². The molecule has 1 saturated heterocycles. The lowest BCUT2D eigenvalue weighted by Gasteiger charge is -2.15. The molecule has 5 nitrogen and oxygen atoms in total. The molecular formula is C18H23N3O2. The summed E-state index contributed by atoms with van der Waals surface area (Å²) in [7, 11) is 0. The van der Waals surface area contributed by atoms with E-state index >= 15 is 0 Å². The quantitative estimate of drug-likeness (QED) is 0.851. The summed E-state index contributed by atoms with van der Waals surface area (Å²) in [5.41, 5.74) is 2.88. The Bertz CT molecular complexity index is 652. The maximum Gasteiger partial charge on any atom is 0.176 e. The van der Waals surface area contributed by atoms with Crippen LogP contribution < -0.4 is 0 Å². The summed E-state index contributed by atoms with van der Waals surface area (Å²) in [5, 5.41) is 4.78. The summed E-state index contributed by atoms with van der Waals surface area (Å²) in [6, 6.07) is 9.06. The third-order valence-electron chi connectivity index (χ3n) is 4.81. The van der Waals surface area contributed by atoms with Gasteiger partial charge in [-0.25, -0.2) is 9.67 Å². The van der Waals surface area contributed by atoms with Crippen molar-refractivity contribution >= 4 is 0 Å². The van der Waals surface area contributed by atoms with Gasteiger partial charge in [0.1, 0.15) is 12.4 Å². The van der Waals surface area contributed by atoms with E-state index in [2.05, 4.69) is 28.9 Å². The van der Waals surface area contributed by atoms with E-state index < -0.39 is 0 Å². The summed E-state index contributed by atoms with van der Waals surface area (Å²) in [6.45, 7) is 4.75. The monoisotopic (exact) mass is 313 g/mol. The lowest BCUT2D eigenvalue weighted by Crippen LogP contribution is -2.17. The highest BCUT2D eigenvalue weighted by Gasteiger charge is 2.30. The van der Waals surface area contributed by atoms with Crippen LogP contribution in [-0.2, 0) is 28.9 Å². The fourth-order valence-corrected chi connectivity index (χ4v) is 3.63. The second kappa shape index (κ2) is 6.42. The second-order valence-electron chi connectivity index (χ2n) is 6.36. The van der Waals surface area contributed by atoms with Crippen molar-refractivity contribution in [1.29, 1.82) is 0 Å². The predicted molar refractivity (Wildman–Crippen MR) is 86.4 cm³/mol. The molecule has 4 rings (SSSR count). The number of benzene rings is 1. The molecule has 0 radical (unpaired) electrons. The standard InChI is InChI=1S/C18H23N3O2/c1-2-22-12-17-19-18(15-7-8-23-11-15)21(20-17)16-9-13-5-3-4-6-14(13)10-16/h3-6,15-16H,2,7-12H2,1H3/t15-/m1/s1. The average molecular weight is 313 g/mol. The van der Waals surface area contributed by atoms with Gasteiger partial charge in [0.2, 0.25) is 0 Å². The van der Waals surface area contributed by atoms with E-state index in [-0.39, 0.29) is 0 Å². The maximum absolute atomic E-state index is 5.57. The molecule has 1 atom stereocenters. The van der Waals surface area contributed by atoms with Crippen LogP contribution in [-0.4, -0.2) is 34.6 Å². The van der Waals surface area contributed by atoms with Crippen LogP contribution in [0.4, 0.5) is 0 Å². The number of aromatic nitrogens is 3. The third-order valence-corrected chi connectivity index (χ3v) is 4.81. The fourth-order valence-electron chi connectivity index (χ4n) is 3.63. The van der Waals surface area contributed by atoms with E-state index in [9.17, 15) is 0 Å². The summed E-state index contributed by atoms with van der Waals surface area (Å²) in [4.78, 5) is 4.78. The molecule has 0 saturated carbocycles. The van der Waals surface area contributed by atoms with E-state index in [0.717, 1.165) is 44.1 Å². The lowest BCUT2D eigenvalue weighted by atomic mass is 10.1. The molecule has 1 fully saturated rings. The molecule has 0 amide bonds. The minimum absolute atomic E-state index is 0.363. The molecule has 0 spiro atoms. The Kier molecular flexibility index (Phi) is 4.14. The Morgan fingerprint density at radius 3 is 2.70 bits per heavy atom. The Balaban J connectivity index is 1.62. The van der Waals surface area contributed by atoms with Crippen LogP contribution in [0, 0.1) is 0 Å². The molecule has 0 bridgehead atoms. The van der Waals surface area contributed by atoms with Crippen molar-refractivity contribution in [2.75, 3.05) is 19.8 Å². The lowest BCUT2D eigenvalue weighted by molar-refractivity contribution is 0.128. The van der Waals surface area contributed by atoms with Crippen molar-refractivity contribution < 1.29 is 9.47 Å². The molecule has 1 aliphatic carbocycles. The van der Waals surface area contributed by atoms with Crippen molar-refractivity contribution in [3.63, 3.8) is 0 Å². The molecule has 0 unspecified atom stereocenters. The van der Waals surface area contributed by atoms with E-state index in [1.807, 2.05) is 6.92 Å². The Hall–Kier alpha value is -1.72. The van der Waals surface area contributed by atoms with Gasteiger partial charge in [-0.1, -0.05) is 24.3 Å². The number of fused-ring (bicyclic) bond motifs is 1. The summed E-state index contributed by atoms with van der Waals surface area (Å²) < 4.78 is 13.2. The van der Waals surface area contributed by atoms with Crippen molar-refractivity contribution in [2.45, 2.75) is 44.8 Å². The Morgan fingerprint density at radius 1 is 1.26 bits per heavy atom. The summed E-state index contributed by atoms with van der Waals surface area (Å²) >= 11 is 0. The van der Waals surface area contributed by atoms with Crippen molar-refractivity contribution in [2.24, 2.45) is 0 Å². The Labute approximate surface area is 136 Å². The second-order valence-corrected chi connectivity index (χ2v) is 6.36. The molecule has 0 N–H and O–H groups in total. The van der Waals surface area contributed by atoms with Gasteiger partial charge in [-0.15, -0.1) is 0 Å². The highest BCUT2D eigenvalue weighted by atomic mass is 16.5. The summed E-state index contributed by atoms with van der Waals surface area (Å²) in [5.74, 6) is 2.24. The average Bonchev–Trinajstić information content (AvgIpc) is 3.29. The number of nitrogens with zero attached hydrogens (tertiary/aromatic N) is 3. The van der Waals surface area contributed by atoms with Gasteiger partial charge in [0.25, 0.3) is 0 Å². The molecule has 122 valence electrons. The number of ether oxygens (including phenoxy) is 2. The first-order valence-corrected chi connectivity index (χ1v) is 8.52. The van der Waals surface area contributed by atoms with Crippen molar-refractivity contribution in [3.05, 3.63) is 47.0 Å². The van der Waals surface area contributed by atoms with Gasteiger partial charge in [-0.3, -0.25) is 0 Å². The van der Waals surface area contributed by atoms with Gasteiger partial charge >= 0.3 is 0 Å². The zero-order chi connectivity index (χ0) is 15.6. The van der Waals surface area contributed by atoms with E-state index in [4.69, 9.17) is 19.6 Å². The van der Waals surface area contributed by atoms with Gasteiger partial charge < -0.3 is 9.47 Å². The van der Waals surface area contributed by atoms with Crippen LogP contribution in [0.1, 0.15) is 48.1 Å². The van der Waals surface area contributed by atoms with Crippen LogP contribution in [0.2, 0.25) is 0 Å².